The van der Waals surface area contributed by atoms with Crippen LogP contribution < -0.4 is 15.4 Å². The molecule has 5 nitrogen and oxygen atoms in total. The lowest BCUT2D eigenvalue weighted by atomic mass is 10.0. The Morgan fingerprint density at radius 3 is 2.04 bits per heavy atom. The molecule has 2 aromatic rings. The summed E-state index contributed by atoms with van der Waals surface area (Å²) < 4.78 is 15.7. The van der Waals surface area contributed by atoms with Crippen LogP contribution in [0.1, 0.15) is 0 Å². The van der Waals surface area contributed by atoms with Crippen LogP contribution in [0.4, 0.5) is 11.4 Å². The number of nitrogens with two attached hydrogens (primary N) is 1. The van der Waals surface area contributed by atoms with Gasteiger partial charge in [-0.15, -0.1) is 0 Å². The van der Waals surface area contributed by atoms with Crippen LogP contribution in [0.2, 0.25) is 0 Å². The molecule has 0 fully saturated rings. The highest BCUT2D eigenvalue weighted by atomic mass is 16.5. The molecule has 0 atom stereocenters. The molecule has 0 aliphatic heterocycles. The first kappa shape index (κ1) is 18.1. The second-order valence-electron chi connectivity index (χ2n) is 5.47. The maximum Gasteiger partial charge on any atom is 0.118 e. The summed E-state index contributed by atoms with van der Waals surface area (Å²) in [6, 6.07) is 14.0. The quantitative estimate of drug-likeness (QED) is 0.716. The lowest BCUT2D eigenvalue weighted by Crippen LogP contribution is -2.30. The molecule has 5 heteroatoms. The van der Waals surface area contributed by atoms with Gasteiger partial charge in [0.2, 0.25) is 0 Å². The second-order valence-corrected chi connectivity index (χ2v) is 5.47. The van der Waals surface area contributed by atoms with Crippen molar-refractivity contribution in [2.24, 2.45) is 0 Å². The maximum atomic E-state index is 6.19. The average molecular weight is 330 g/mol. The summed E-state index contributed by atoms with van der Waals surface area (Å²) in [5.41, 5.74) is 10.1. The molecule has 24 heavy (non-hydrogen) atoms. The molecule has 2 N–H and O–H groups in total. The minimum atomic E-state index is 0.659. The number of anilines is 2. The third-order valence-electron chi connectivity index (χ3n) is 3.93. The van der Waals surface area contributed by atoms with Crippen LogP contribution in [0.5, 0.6) is 5.75 Å². The van der Waals surface area contributed by atoms with E-state index in [0.29, 0.717) is 13.2 Å². The predicted molar refractivity (Wildman–Crippen MR) is 98.8 cm³/mol. The van der Waals surface area contributed by atoms with Gasteiger partial charge in [0.15, 0.2) is 0 Å². The van der Waals surface area contributed by atoms with E-state index in [1.807, 2.05) is 36.4 Å². The van der Waals surface area contributed by atoms with E-state index >= 15 is 0 Å². The Bertz CT molecular complexity index is 621. The summed E-state index contributed by atoms with van der Waals surface area (Å²) >= 11 is 0. The Morgan fingerprint density at radius 1 is 0.875 bits per heavy atom. The van der Waals surface area contributed by atoms with Crippen LogP contribution in [-0.4, -0.2) is 47.6 Å². The molecular weight excluding hydrogens is 304 g/mol. The molecule has 0 unspecified atom stereocenters. The Labute approximate surface area is 143 Å². The number of methoxy groups -OCH3 is 3. The Kier molecular flexibility index (Phi) is 6.90. The lowest BCUT2D eigenvalue weighted by molar-refractivity contribution is 0.190. The van der Waals surface area contributed by atoms with Crippen molar-refractivity contribution in [1.29, 1.82) is 0 Å². The number of nitrogens with zero attached hydrogens (tertiary/aromatic N) is 1. The Morgan fingerprint density at radius 2 is 1.50 bits per heavy atom. The second kappa shape index (κ2) is 9.15. The largest absolute Gasteiger partial charge is 0.497 e. The number of hydrogen-bond acceptors (Lipinski definition) is 5. The molecule has 0 saturated heterocycles. The molecule has 130 valence electrons. The summed E-state index contributed by atoms with van der Waals surface area (Å²) in [7, 11) is 5.08. The molecule has 0 amide bonds. The molecule has 0 heterocycles. The van der Waals surface area contributed by atoms with Crippen molar-refractivity contribution in [2.45, 2.75) is 0 Å². The molecular formula is C19H26N2O3. The van der Waals surface area contributed by atoms with Gasteiger partial charge < -0.3 is 24.8 Å². The average Bonchev–Trinajstić information content (AvgIpc) is 2.63. The van der Waals surface area contributed by atoms with Crippen LogP contribution in [0, 0.1) is 0 Å². The van der Waals surface area contributed by atoms with E-state index in [0.717, 1.165) is 41.3 Å². The normalized spacial score (nSPS) is 10.6. The summed E-state index contributed by atoms with van der Waals surface area (Å²) in [6.45, 7) is 2.91. The minimum Gasteiger partial charge on any atom is -0.497 e. The van der Waals surface area contributed by atoms with E-state index in [-0.39, 0.29) is 0 Å². The van der Waals surface area contributed by atoms with Crippen molar-refractivity contribution in [2.75, 3.05) is 58.3 Å². The number of nitrogen functional groups attached to an aromatic ring is 1. The zero-order chi connectivity index (χ0) is 17.4. The monoisotopic (exact) mass is 330 g/mol. The zero-order valence-electron chi connectivity index (χ0n) is 14.6. The molecule has 0 saturated carbocycles. The molecule has 0 aliphatic rings. The van der Waals surface area contributed by atoms with Crippen molar-refractivity contribution < 1.29 is 14.2 Å². The third-order valence-corrected chi connectivity index (χ3v) is 3.93. The highest BCUT2D eigenvalue weighted by molar-refractivity contribution is 5.80. The van der Waals surface area contributed by atoms with Gasteiger partial charge in [-0.1, -0.05) is 12.1 Å². The molecule has 0 aromatic heterocycles. The lowest BCUT2D eigenvalue weighted by Gasteiger charge is -2.25. The van der Waals surface area contributed by atoms with E-state index in [4.69, 9.17) is 19.9 Å². The highest BCUT2D eigenvalue weighted by Gasteiger charge is 2.10. The standard InChI is InChI=1S/C19H26N2O3/c1-22-12-10-21(11-13-23-2)16-6-9-19(20)18(14-16)15-4-7-17(24-3)8-5-15/h4-9,14H,10-13,20H2,1-3H3. The molecule has 0 radical (unpaired) electrons. The first-order valence-electron chi connectivity index (χ1n) is 7.96. The van der Waals surface area contributed by atoms with E-state index < -0.39 is 0 Å². The van der Waals surface area contributed by atoms with Crippen molar-refractivity contribution in [3.05, 3.63) is 42.5 Å². The molecule has 0 bridgehead atoms. The van der Waals surface area contributed by atoms with Crippen molar-refractivity contribution in [3.63, 3.8) is 0 Å². The van der Waals surface area contributed by atoms with Gasteiger partial charge in [-0.25, -0.2) is 0 Å². The van der Waals surface area contributed by atoms with Crippen LogP contribution in [0.15, 0.2) is 42.5 Å². The van der Waals surface area contributed by atoms with E-state index in [9.17, 15) is 0 Å². The van der Waals surface area contributed by atoms with Crippen molar-refractivity contribution in [3.8, 4) is 16.9 Å². The highest BCUT2D eigenvalue weighted by Crippen LogP contribution is 2.31. The summed E-state index contributed by atoms with van der Waals surface area (Å²) in [4.78, 5) is 2.24. The van der Waals surface area contributed by atoms with Gasteiger partial charge in [-0.05, 0) is 35.9 Å². The predicted octanol–water partition coefficient (Wildman–Crippen LogP) is 3.04. The van der Waals surface area contributed by atoms with E-state index in [1.165, 1.54) is 0 Å². The Balaban J connectivity index is 2.30. The summed E-state index contributed by atoms with van der Waals surface area (Å²) in [6.07, 6.45) is 0. The molecule has 2 rings (SSSR count). The smallest absolute Gasteiger partial charge is 0.118 e. The van der Waals surface area contributed by atoms with Gasteiger partial charge in [0.05, 0.1) is 20.3 Å². The van der Waals surface area contributed by atoms with Crippen molar-refractivity contribution >= 4 is 11.4 Å². The number of benzene rings is 2. The van der Waals surface area contributed by atoms with Crippen LogP contribution >= 0.6 is 0 Å². The molecule has 0 spiro atoms. The van der Waals surface area contributed by atoms with Gasteiger partial charge in [-0.2, -0.15) is 0 Å². The Hall–Kier alpha value is -2.24. The van der Waals surface area contributed by atoms with E-state index in [2.05, 4.69) is 11.0 Å². The molecule has 2 aromatic carbocycles. The third kappa shape index (κ3) is 4.63. The van der Waals surface area contributed by atoms with Crippen molar-refractivity contribution in [1.82, 2.24) is 0 Å². The van der Waals surface area contributed by atoms with E-state index in [1.54, 1.807) is 21.3 Å². The summed E-state index contributed by atoms with van der Waals surface area (Å²) in [5, 5.41) is 0. The number of ether oxygens (including phenoxy) is 3. The SMILES string of the molecule is COCCN(CCOC)c1ccc(N)c(-c2ccc(OC)cc2)c1. The first-order chi connectivity index (χ1) is 11.7. The van der Waals surface area contributed by atoms with Gasteiger partial charge in [0, 0.05) is 44.2 Å². The number of rotatable bonds is 9. The fourth-order valence-electron chi connectivity index (χ4n) is 2.53. The fraction of sp³-hybridized carbons (Fsp3) is 0.368. The van der Waals surface area contributed by atoms with Gasteiger partial charge in [0.25, 0.3) is 0 Å². The van der Waals surface area contributed by atoms with Gasteiger partial charge in [0.1, 0.15) is 5.75 Å². The summed E-state index contributed by atoms with van der Waals surface area (Å²) in [5.74, 6) is 0.829. The fourth-order valence-corrected chi connectivity index (χ4v) is 2.53. The first-order valence-corrected chi connectivity index (χ1v) is 7.96. The topological polar surface area (TPSA) is 57.0 Å². The maximum absolute atomic E-state index is 6.19. The van der Waals surface area contributed by atoms with Crippen LogP contribution in [0.3, 0.4) is 0 Å². The van der Waals surface area contributed by atoms with Crippen LogP contribution in [0.25, 0.3) is 11.1 Å². The van der Waals surface area contributed by atoms with Gasteiger partial charge >= 0.3 is 0 Å². The van der Waals surface area contributed by atoms with Crippen LogP contribution in [-0.2, 0) is 9.47 Å². The molecule has 0 aliphatic carbocycles. The van der Waals surface area contributed by atoms with Gasteiger partial charge in [-0.3, -0.25) is 0 Å². The minimum absolute atomic E-state index is 0.659. The zero-order valence-corrected chi connectivity index (χ0v) is 14.6. The number of hydrogen-bond donors (Lipinski definition) is 1.